The van der Waals surface area contributed by atoms with Crippen molar-refractivity contribution in [3.63, 3.8) is 0 Å². The Labute approximate surface area is 125 Å². The molecule has 1 fully saturated rings. The third kappa shape index (κ3) is 3.67. The fourth-order valence-corrected chi connectivity index (χ4v) is 2.63. The Kier molecular flexibility index (Phi) is 5.07. The molecule has 0 aromatic heterocycles. The van der Waals surface area contributed by atoms with Gasteiger partial charge in [0.2, 0.25) is 0 Å². The number of carbonyl (C=O) groups excluding carboxylic acids is 1. The summed E-state index contributed by atoms with van der Waals surface area (Å²) in [5.41, 5.74) is 4.60. The predicted octanol–water partition coefficient (Wildman–Crippen LogP) is 2.28. The van der Waals surface area contributed by atoms with Crippen LogP contribution in [0.5, 0.6) is 11.5 Å². The van der Waals surface area contributed by atoms with Gasteiger partial charge in [-0.2, -0.15) is 0 Å². The standard InChI is InChI=1S/C16H23NO4/c1-3-16(15(17)18,11-14-5-4-10-20-14)21-13-8-6-12(19-2)7-9-13/h6-9,14H,3-5,10-11H2,1-2H3,(H2,17,18). The van der Waals surface area contributed by atoms with Crippen molar-refractivity contribution in [2.24, 2.45) is 5.73 Å². The summed E-state index contributed by atoms with van der Waals surface area (Å²) in [6.07, 6.45) is 3.00. The first-order chi connectivity index (χ1) is 10.1. The highest BCUT2D eigenvalue weighted by atomic mass is 16.5. The Morgan fingerprint density at radius 1 is 1.38 bits per heavy atom. The van der Waals surface area contributed by atoms with E-state index in [1.54, 1.807) is 31.4 Å². The maximum atomic E-state index is 12.0. The van der Waals surface area contributed by atoms with Crippen molar-refractivity contribution in [3.05, 3.63) is 24.3 Å². The third-order valence-corrected chi connectivity index (χ3v) is 3.97. The molecular formula is C16H23NO4. The molecule has 5 heteroatoms. The minimum Gasteiger partial charge on any atom is -0.497 e. The van der Waals surface area contributed by atoms with E-state index < -0.39 is 11.5 Å². The van der Waals surface area contributed by atoms with Crippen LogP contribution in [-0.2, 0) is 9.53 Å². The molecule has 2 N–H and O–H groups in total. The number of ether oxygens (including phenoxy) is 3. The van der Waals surface area contributed by atoms with Crippen LogP contribution in [0, 0.1) is 0 Å². The van der Waals surface area contributed by atoms with Gasteiger partial charge in [0.1, 0.15) is 11.5 Å². The zero-order valence-corrected chi connectivity index (χ0v) is 12.6. The topological polar surface area (TPSA) is 70.8 Å². The lowest BCUT2D eigenvalue weighted by molar-refractivity contribution is -0.137. The second-order valence-corrected chi connectivity index (χ2v) is 5.33. The lowest BCUT2D eigenvalue weighted by Gasteiger charge is -2.32. The summed E-state index contributed by atoms with van der Waals surface area (Å²) in [6, 6.07) is 7.15. The Morgan fingerprint density at radius 2 is 2.05 bits per heavy atom. The third-order valence-electron chi connectivity index (χ3n) is 3.97. The monoisotopic (exact) mass is 293 g/mol. The molecule has 0 aliphatic carbocycles. The molecule has 0 bridgehead atoms. The fourth-order valence-electron chi connectivity index (χ4n) is 2.63. The largest absolute Gasteiger partial charge is 0.497 e. The molecule has 0 spiro atoms. The smallest absolute Gasteiger partial charge is 0.261 e. The van der Waals surface area contributed by atoms with Gasteiger partial charge in [-0.15, -0.1) is 0 Å². The second-order valence-electron chi connectivity index (χ2n) is 5.33. The van der Waals surface area contributed by atoms with E-state index in [-0.39, 0.29) is 6.10 Å². The molecule has 1 aromatic carbocycles. The van der Waals surface area contributed by atoms with Crippen LogP contribution in [0.15, 0.2) is 24.3 Å². The molecule has 1 aromatic rings. The number of amides is 1. The van der Waals surface area contributed by atoms with Crippen LogP contribution < -0.4 is 15.2 Å². The Hall–Kier alpha value is -1.75. The van der Waals surface area contributed by atoms with Gasteiger partial charge in [0.25, 0.3) is 5.91 Å². The van der Waals surface area contributed by atoms with Crippen molar-refractivity contribution in [3.8, 4) is 11.5 Å². The van der Waals surface area contributed by atoms with Gasteiger partial charge < -0.3 is 19.9 Å². The molecule has 21 heavy (non-hydrogen) atoms. The van der Waals surface area contributed by atoms with Gasteiger partial charge in [0.05, 0.1) is 13.2 Å². The van der Waals surface area contributed by atoms with Crippen LogP contribution in [0.25, 0.3) is 0 Å². The zero-order chi connectivity index (χ0) is 15.3. The Bertz CT molecular complexity index is 468. The number of methoxy groups -OCH3 is 1. The minimum atomic E-state index is -1.02. The molecule has 1 aliphatic rings. The first-order valence-electron chi connectivity index (χ1n) is 7.34. The summed E-state index contributed by atoms with van der Waals surface area (Å²) in [6.45, 7) is 2.65. The lowest BCUT2D eigenvalue weighted by atomic mass is 9.91. The summed E-state index contributed by atoms with van der Waals surface area (Å²) < 4.78 is 16.7. The lowest BCUT2D eigenvalue weighted by Crippen LogP contribution is -2.50. The summed E-state index contributed by atoms with van der Waals surface area (Å²) in [7, 11) is 1.60. The van der Waals surface area contributed by atoms with E-state index in [0.29, 0.717) is 18.6 Å². The van der Waals surface area contributed by atoms with Crippen molar-refractivity contribution >= 4 is 5.91 Å². The molecule has 2 rings (SSSR count). The first kappa shape index (κ1) is 15.6. The van der Waals surface area contributed by atoms with E-state index in [0.717, 1.165) is 25.2 Å². The van der Waals surface area contributed by atoms with E-state index in [2.05, 4.69) is 0 Å². The Morgan fingerprint density at radius 3 is 2.52 bits per heavy atom. The van der Waals surface area contributed by atoms with Crippen molar-refractivity contribution in [1.82, 2.24) is 0 Å². The number of carbonyl (C=O) groups is 1. The van der Waals surface area contributed by atoms with Crippen LogP contribution in [0.2, 0.25) is 0 Å². The maximum Gasteiger partial charge on any atom is 0.261 e. The highest BCUT2D eigenvalue weighted by Gasteiger charge is 2.40. The van der Waals surface area contributed by atoms with Crippen LogP contribution in [0.1, 0.15) is 32.6 Å². The molecule has 116 valence electrons. The number of rotatable bonds is 7. The first-order valence-corrected chi connectivity index (χ1v) is 7.34. The van der Waals surface area contributed by atoms with Gasteiger partial charge in [-0.1, -0.05) is 6.92 Å². The van der Waals surface area contributed by atoms with E-state index in [1.165, 1.54) is 0 Å². The molecule has 5 nitrogen and oxygen atoms in total. The van der Waals surface area contributed by atoms with Crippen LogP contribution in [-0.4, -0.2) is 31.3 Å². The van der Waals surface area contributed by atoms with E-state index in [4.69, 9.17) is 19.9 Å². The quantitative estimate of drug-likeness (QED) is 0.837. The molecule has 1 amide bonds. The van der Waals surface area contributed by atoms with Crippen molar-refractivity contribution in [1.29, 1.82) is 0 Å². The maximum absolute atomic E-state index is 12.0. The molecule has 0 saturated carbocycles. The van der Waals surface area contributed by atoms with Gasteiger partial charge in [0.15, 0.2) is 5.60 Å². The number of nitrogens with two attached hydrogens (primary N) is 1. The SMILES string of the molecule is CCC(CC1CCCO1)(Oc1ccc(OC)cc1)C(N)=O. The summed E-state index contributed by atoms with van der Waals surface area (Å²) >= 11 is 0. The molecule has 1 heterocycles. The molecule has 1 aliphatic heterocycles. The van der Waals surface area contributed by atoms with Crippen molar-refractivity contribution < 1.29 is 19.0 Å². The van der Waals surface area contributed by atoms with Gasteiger partial charge in [-0.3, -0.25) is 4.79 Å². The number of primary amides is 1. The van der Waals surface area contributed by atoms with Gasteiger partial charge in [-0.25, -0.2) is 0 Å². The zero-order valence-electron chi connectivity index (χ0n) is 12.6. The van der Waals surface area contributed by atoms with Crippen molar-refractivity contribution in [2.75, 3.05) is 13.7 Å². The highest BCUT2D eigenvalue weighted by Crippen LogP contribution is 2.30. The molecule has 2 atom stereocenters. The summed E-state index contributed by atoms with van der Waals surface area (Å²) in [5, 5.41) is 0. The van der Waals surface area contributed by atoms with Gasteiger partial charge in [0, 0.05) is 13.0 Å². The molecule has 0 radical (unpaired) electrons. The van der Waals surface area contributed by atoms with Crippen molar-refractivity contribution in [2.45, 2.75) is 44.3 Å². The summed E-state index contributed by atoms with van der Waals surface area (Å²) in [5.74, 6) is 0.897. The van der Waals surface area contributed by atoms with Crippen LogP contribution in [0.4, 0.5) is 0 Å². The number of benzene rings is 1. The van der Waals surface area contributed by atoms with E-state index >= 15 is 0 Å². The summed E-state index contributed by atoms with van der Waals surface area (Å²) in [4.78, 5) is 12.0. The molecule has 2 unspecified atom stereocenters. The van der Waals surface area contributed by atoms with Crippen LogP contribution in [0.3, 0.4) is 0 Å². The normalized spacial score (nSPS) is 20.8. The fraction of sp³-hybridized carbons (Fsp3) is 0.562. The average molecular weight is 293 g/mol. The van der Waals surface area contributed by atoms with Gasteiger partial charge >= 0.3 is 0 Å². The minimum absolute atomic E-state index is 0.0377. The van der Waals surface area contributed by atoms with Crippen LogP contribution >= 0.6 is 0 Å². The molecular weight excluding hydrogens is 270 g/mol. The van der Waals surface area contributed by atoms with Gasteiger partial charge in [-0.05, 0) is 43.5 Å². The average Bonchev–Trinajstić information content (AvgIpc) is 3.00. The molecule has 1 saturated heterocycles. The second kappa shape index (κ2) is 6.80. The number of hydrogen-bond acceptors (Lipinski definition) is 4. The highest BCUT2D eigenvalue weighted by molar-refractivity contribution is 5.84. The van der Waals surface area contributed by atoms with E-state index in [1.807, 2.05) is 6.92 Å². The predicted molar refractivity (Wildman–Crippen MR) is 79.4 cm³/mol. The Balaban J connectivity index is 2.15. The number of hydrogen-bond donors (Lipinski definition) is 1. The van der Waals surface area contributed by atoms with E-state index in [9.17, 15) is 4.79 Å².